The highest BCUT2D eigenvalue weighted by atomic mass is 19.4. The minimum atomic E-state index is -4.37. The number of carbonyl (C=O) groups is 1. The zero-order chi connectivity index (χ0) is 19.3. The summed E-state index contributed by atoms with van der Waals surface area (Å²) in [6.45, 7) is 1.14. The molecule has 0 spiro atoms. The average molecular weight is 380 g/mol. The fourth-order valence-corrected chi connectivity index (χ4v) is 3.67. The van der Waals surface area contributed by atoms with E-state index in [1.54, 1.807) is 12.1 Å². The van der Waals surface area contributed by atoms with Gasteiger partial charge in [-0.15, -0.1) is 0 Å². The normalized spacial score (nSPS) is 21.2. The number of methoxy groups -OCH3 is 1. The predicted octanol–water partition coefficient (Wildman–Crippen LogP) is 3.71. The van der Waals surface area contributed by atoms with E-state index in [0.29, 0.717) is 24.5 Å². The van der Waals surface area contributed by atoms with Crippen molar-refractivity contribution < 1.29 is 27.1 Å². The number of ether oxygens (including phenoxy) is 1. The van der Waals surface area contributed by atoms with Crippen LogP contribution in [0.15, 0.2) is 42.5 Å². The summed E-state index contributed by atoms with van der Waals surface area (Å²) < 4.78 is 57.3. The van der Waals surface area contributed by atoms with Gasteiger partial charge in [-0.25, -0.2) is 9.18 Å². The summed E-state index contributed by atoms with van der Waals surface area (Å²) in [5.74, 6) is -1.39. The molecule has 2 heterocycles. The van der Waals surface area contributed by atoms with Crippen LogP contribution in [-0.4, -0.2) is 38.3 Å². The van der Waals surface area contributed by atoms with Gasteiger partial charge in [0, 0.05) is 24.5 Å². The van der Waals surface area contributed by atoms with E-state index in [1.807, 2.05) is 9.80 Å². The Kier molecular flexibility index (Phi) is 4.01. The highest BCUT2D eigenvalue weighted by Crippen LogP contribution is 2.41. The molecule has 0 saturated carbocycles. The SMILES string of the molecule is COC(=O)c1ccc(N2CC3[C@H]2CN3c2cccc(C(F)(F)F)c2)cc1F. The van der Waals surface area contributed by atoms with E-state index in [-0.39, 0.29) is 17.6 Å². The lowest BCUT2D eigenvalue weighted by molar-refractivity contribution is -0.137. The molecule has 0 aliphatic carbocycles. The number of rotatable bonds is 3. The van der Waals surface area contributed by atoms with Crippen LogP contribution in [-0.2, 0) is 10.9 Å². The Morgan fingerprint density at radius 3 is 2.19 bits per heavy atom. The molecule has 1 unspecified atom stereocenters. The van der Waals surface area contributed by atoms with Crippen LogP contribution in [0.1, 0.15) is 15.9 Å². The maximum Gasteiger partial charge on any atom is 0.416 e. The largest absolute Gasteiger partial charge is 0.465 e. The van der Waals surface area contributed by atoms with Crippen molar-refractivity contribution >= 4 is 17.3 Å². The van der Waals surface area contributed by atoms with Gasteiger partial charge in [-0.1, -0.05) is 6.07 Å². The second kappa shape index (κ2) is 6.14. The van der Waals surface area contributed by atoms with Crippen LogP contribution < -0.4 is 9.80 Å². The van der Waals surface area contributed by atoms with E-state index in [0.717, 1.165) is 12.1 Å². The number of anilines is 2. The molecule has 2 aliphatic heterocycles. The van der Waals surface area contributed by atoms with Crippen molar-refractivity contribution in [3.8, 4) is 0 Å². The first-order chi connectivity index (χ1) is 12.8. The van der Waals surface area contributed by atoms with Crippen LogP contribution >= 0.6 is 0 Å². The smallest absolute Gasteiger partial charge is 0.416 e. The number of alkyl halides is 3. The molecule has 0 aromatic heterocycles. The molecular formula is C19H16F4N2O2. The van der Waals surface area contributed by atoms with Crippen molar-refractivity contribution in [1.82, 2.24) is 0 Å². The minimum absolute atomic E-state index is 0.0943. The van der Waals surface area contributed by atoms with Gasteiger partial charge in [0.15, 0.2) is 0 Å². The number of halogens is 4. The minimum Gasteiger partial charge on any atom is -0.465 e. The molecule has 2 aromatic rings. The van der Waals surface area contributed by atoms with E-state index in [4.69, 9.17) is 0 Å². The molecule has 0 radical (unpaired) electrons. The van der Waals surface area contributed by atoms with Crippen molar-refractivity contribution in [2.24, 2.45) is 0 Å². The number of benzene rings is 2. The first-order valence-electron chi connectivity index (χ1n) is 8.38. The monoisotopic (exact) mass is 380 g/mol. The Bertz CT molecular complexity index is 900. The lowest BCUT2D eigenvalue weighted by Gasteiger charge is -2.63. The number of piperazine rings is 1. The second-order valence-corrected chi connectivity index (χ2v) is 6.64. The Hall–Kier alpha value is -2.77. The third-order valence-electron chi connectivity index (χ3n) is 5.21. The fourth-order valence-electron chi connectivity index (χ4n) is 3.67. The summed E-state index contributed by atoms with van der Waals surface area (Å²) in [6, 6.07) is 9.81. The predicted molar refractivity (Wildman–Crippen MR) is 91.5 cm³/mol. The Morgan fingerprint density at radius 2 is 1.67 bits per heavy atom. The molecule has 142 valence electrons. The van der Waals surface area contributed by atoms with E-state index in [2.05, 4.69) is 4.74 Å². The topological polar surface area (TPSA) is 32.8 Å². The van der Waals surface area contributed by atoms with Crippen LogP contribution in [0.5, 0.6) is 0 Å². The van der Waals surface area contributed by atoms with E-state index in [1.165, 1.54) is 25.3 Å². The lowest BCUT2D eigenvalue weighted by atomic mass is 9.84. The average Bonchev–Trinajstić information content (AvgIpc) is 2.62. The van der Waals surface area contributed by atoms with Gasteiger partial charge in [0.05, 0.1) is 30.3 Å². The number of carbonyl (C=O) groups excluding carboxylic acids is 1. The summed E-state index contributed by atoms with van der Waals surface area (Å²) >= 11 is 0. The van der Waals surface area contributed by atoms with Crippen LogP contribution in [0, 0.1) is 5.82 Å². The van der Waals surface area contributed by atoms with Crippen LogP contribution in [0.25, 0.3) is 0 Å². The number of hydrogen-bond acceptors (Lipinski definition) is 4. The van der Waals surface area contributed by atoms with Crippen molar-refractivity contribution in [2.75, 3.05) is 30.0 Å². The Morgan fingerprint density at radius 1 is 1.04 bits per heavy atom. The molecule has 4 rings (SSSR count). The molecule has 4 nitrogen and oxygen atoms in total. The second-order valence-electron chi connectivity index (χ2n) is 6.64. The highest BCUT2D eigenvalue weighted by molar-refractivity contribution is 5.90. The van der Waals surface area contributed by atoms with Crippen molar-refractivity contribution in [3.05, 3.63) is 59.4 Å². The van der Waals surface area contributed by atoms with Crippen molar-refractivity contribution in [1.29, 1.82) is 0 Å². The molecule has 8 heteroatoms. The number of fused-ring (bicyclic) bond motifs is 1. The molecule has 0 amide bonds. The van der Waals surface area contributed by atoms with Crippen LogP contribution in [0.3, 0.4) is 0 Å². The number of nitrogens with zero attached hydrogens (tertiary/aromatic N) is 2. The van der Waals surface area contributed by atoms with Gasteiger partial charge in [0.25, 0.3) is 0 Å². The third kappa shape index (κ3) is 2.89. The quantitative estimate of drug-likeness (QED) is 0.600. The van der Waals surface area contributed by atoms with Gasteiger partial charge in [0.1, 0.15) is 5.82 Å². The number of hydrogen-bond donors (Lipinski definition) is 0. The van der Waals surface area contributed by atoms with Crippen LogP contribution in [0.4, 0.5) is 28.9 Å². The Labute approximate surface area is 152 Å². The summed E-state index contributed by atoms with van der Waals surface area (Å²) in [5, 5.41) is 0. The first kappa shape index (κ1) is 17.6. The number of esters is 1. The van der Waals surface area contributed by atoms with Gasteiger partial charge < -0.3 is 14.5 Å². The summed E-state index contributed by atoms with van der Waals surface area (Å²) in [5.41, 5.74) is 0.390. The summed E-state index contributed by atoms with van der Waals surface area (Å²) in [4.78, 5) is 15.4. The summed E-state index contributed by atoms with van der Waals surface area (Å²) in [7, 11) is 1.19. The molecule has 2 aliphatic rings. The van der Waals surface area contributed by atoms with Crippen molar-refractivity contribution in [3.63, 3.8) is 0 Å². The highest BCUT2D eigenvalue weighted by Gasteiger charge is 2.52. The van der Waals surface area contributed by atoms with Crippen LogP contribution in [0.2, 0.25) is 0 Å². The van der Waals surface area contributed by atoms with Gasteiger partial charge in [-0.05, 0) is 36.4 Å². The standard InChI is InChI=1S/C19H16F4N2O2/c1-27-18(26)14-6-5-13(8-15(14)20)25-10-16-17(25)9-24(16)12-4-2-3-11(7-12)19(21,22)23/h2-8,16-17H,9-10H2,1H3/t16?,17-/m1/s1. The maximum atomic E-state index is 14.1. The van der Waals surface area contributed by atoms with E-state index < -0.39 is 23.5 Å². The molecule has 2 aromatic carbocycles. The van der Waals surface area contributed by atoms with E-state index in [9.17, 15) is 22.4 Å². The van der Waals surface area contributed by atoms with Gasteiger partial charge in [-0.3, -0.25) is 0 Å². The first-order valence-corrected chi connectivity index (χ1v) is 8.38. The maximum absolute atomic E-state index is 14.1. The van der Waals surface area contributed by atoms with Gasteiger partial charge >= 0.3 is 12.1 Å². The molecule has 2 saturated heterocycles. The van der Waals surface area contributed by atoms with Gasteiger partial charge in [-0.2, -0.15) is 13.2 Å². The zero-order valence-electron chi connectivity index (χ0n) is 14.3. The molecule has 0 N–H and O–H groups in total. The molecular weight excluding hydrogens is 364 g/mol. The van der Waals surface area contributed by atoms with Gasteiger partial charge in [0.2, 0.25) is 0 Å². The Balaban J connectivity index is 1.46. The van der Waals surface area contributed by atoms with Crippen molar-refractivity contribution in [2.45, 2.75) is 18.3 Å². The summed E-state index contributed by atoms with van der Waals surface area (Å²) in [6.07, 6.45) is -4.37. The molecule has 0 bridgehead atoms. The molecule has 27 heavy (non-hydrogen) atoms. The fraction of sp³-hybridized carbons (Fsp3) is 0.316. The zero-order valence-corrected chi connectivity index (χ0v) is 14.3. The third-order valence-corrected chi connectivity index (χ3v) is 5.21. The lowest BCUT2D eigenvalue weighted by Crippen LogP contribution is -2.79. The van der Waals surface area contributed by atoms with E-state index >= 15 is 0 Å². The molecule has 2 atom stereocenters. The molecule has 2 fully saturated rings.